The van der Waals surface area contributed by atoms with E-state index in [1.807, 2.05) is 12.1 Å². The van der Waals surface area contributed by atoms with Crippen LogP contribution in [-0.4, -0.2) is 33.5 Å². The summed E-state index contributed by atoms with van der Waals surface area (Å²) in [6, 6.07) is 6.26. The van der Waals surface area contributed by atoms with Crippen molar-refractivity contribution in [1.82, 2.24) is 5.32 Å². The highest BCUT2D eigenvalue weighted by Gasteiger charge is 2.24. The minimum Gasteiger partial charge on any atom is -0.493 e. The normalized spacial score (nSPS) is 13.1. The first-order valence-electron chi connectivity index (χ1n) is 6.97. The van der Waals surface area contributed by atoms with Gasteiger partial charge < -0.3 is 19.5 Å². The van der Waals surface area contributed by atoms with Gasteiger partial charge in [0.2, 0.25) is 0 Å². The minimum atomic E-state index is -0.181. The molecule has 20 heavy (non-hydrogen) atoms. The van der Waals surface area contributed by atoms with Crippen LogP contribution in [0.2, 0.25) is 0 Å². The van der Waals surface area contributed by atoms with Gasteiger partial charge in [0, 0.05) is 13.2 Å². The van der Waals surface area contributed by atoms with Gasteiger partial charge in [-0.3, -0.25) is 0 Å². The number of nitrogens with one attached hydrogen (secondary N) is 1. The van der Waals surface area contributed by atoms with E-state index in [1.54, 1.807) is 21.3 Å². The van der Waals surface area contributed by atoms with Gasteiger partial charge in [0.05, 0.1) is 19.8 Å². The maximum absolute atomic E-state index is 5.54. The van der Waals surface area contributed by atoms with Gasteiger partial charge in [0.15, 0.2) is 11.5 Å². The summed E-state index contributed by atoms with van der Waals surface area (Å²) in [4.78, 5) is 0. The molecule has 1 aromatic carbocycles. The van der Waals surface area contributed by atoms with Crippen LogP contribution in [0.5, 0.6) is 11.5 Å². The van der Waals surface area contributed by atoms with E-state index in [0.717, 1.165) is 24.5 Å². The molecule has 1 rings (SSSR count). The van der Waals surface area contributed by atoms with E-state index < -0.39 is 0 Å². The largest absolute Gasteiger partial charge is 0.493 e. The molecule has 0 bridgehead atoms. The first-order chi connectivity index (χ1) is 9.47. The molecule has 0 aliphatic heterocycles. The second-order valence-corrected chi connectivity index (χ2v) is 5.39. The molecule has 0 amide bonds. The molecule has 0 aliphatic rings. The molecule has 1 aromatic rings. The number of hydrogen-bond acceptors (Lipinski definition) is 4. The van der Waals surface area contributed by atoms with Crippen molar-refractivity contribution in [2.45, 2.75) is 38.8 Å². The Morgan fingerprint density at radius 1 is 1.10 bits per heavy atom. The van der Waals surface area contributed by atoms with Gasteiger partial charge in [-0.25, -0.2) is 0 Å². The SMILES string of the molecule is CCNC(CC(C)(C)OC)c1ccc(OC)c(OC)c1. The molecule has 1 N–H and O–H groups in total. The van der Waals surface area contributed by atoms with Gasteiger partial charge in [-0.2, -0.15) is 0 Å². The molecular formula is C16H27NO3. The first-order valence-corrected chi connectivity index (χ1v) is 6.97. The van der Waals surface area contributed by atoms with Crippen LogP contribution in [0.1, 0.15) is 38.8 Å². The molecule has 4 heteroatoms. The van der Waals surface area contributed by atoms with Crippen LogP contribution in [-0.2, 0) is 4.74 Å². The molecule has 4 nitrogen and oxygen atoms in total. The van der Waals surface area contributed by atoms with E-state index in [2.05, 4.69) is 32.2 Å². The third-order valence-electron chi connectivity index (χ3n) is 3.51. The smallest absolute Gasteiger partial charge is 0.161 e. The van der Waals surface area contributed by atoms with E-state index in [0.29, 0.717) is 0 Å². The summed E-state index contributed by atoms with van der Waals surface area (Å²) in [5.41, 5.74) is 0.995. The lowest BCUT2D eigenvalue weighted by molar-refractivity contribution is 0.00695. The van der Waals surface area contributed by atoms with Crippen molar-refractivity contribution in [3.05, 3.63) is 23.8 Å². The van der Waals surface area contributed by atoms with Crippen LogP contribution in [0.15, 0.2) is 18.2 Å². The van der Waals surface area contributed by atoms with Gasteiger partial charge in [-0.15, -0.1) is 0 Å². The summed E-state index contributed by atoms with van der Waals surface area (Å²) >= 11 is 0. The number of ether oxygens (including phenoxy) is 3. The lowest BCUT2D eigenvalue weighted by Gasteiger charge is -2.29. The predicted molar refractivity (Wildman–Crippen MR) is 81.7 cm³/mol. The van der Waals surface area contributed by atoms with Crippen LogP contribution in [0, 0.1) is 0 Å². The summed E-state index contributed by atoms with van der Waals surface area (Å²) in [7, 11) is 5.05. The quantitative estimate of drug-likeness (QED) is 0.794. The summed E-state index contributed by atoms with van der Waals surface area (Å²) in [5, 5.41) is 3.50. The summed E-state index contributed by atoms with van der Waals surface area (Å²) < 4.78 is 16.2. The third-order valence-corrected chi connectivity index (χ3v) is 3.51. The Morgan fingerprint density at radius 3 is 2.25 bits per heavy atom. The molecule has 0 aromatic heterocycles. The topological polar surface area (TPSA) is 39.7 Å². The lowest BCUT2D eigenvalue weighted by atomic mass is 9.93. The molecule has 0 saturated carbocycles. The van der Waals surface area contributed by atoms with Crippen molar-refractivity contribution in [1.29, 1.82) is 0 Å². The highest BCUT2D eigenvalue weighted by Crippen LogP contribution is 2.33. The van der Waals surface area contributed by atoms with Gasteiger partial charge >= 0.3 is 0 Å². The van der Waals surface area contributed by atoms with E-state index >= 15 is 0 Å². The van der Waals surface area contributed by atoms with Crippen molar-refractivity contribution in [2.24, 2.45) is 0 Å². The Labute approximate surface area is 122 Å². The van der Waals surface area contributed by atoms with E-state index in [-0.39, 0.29) is 11.6 Å². The highest BCUT2D eigenvalue weighted by atomic mass is 16.5. The molecule has 0 fully saturated rings. The predicted octanol–water partition coefficient (Wildman–Crippen LogP) is 3.17. The molecule has 1 atom stereocenters. The highest BCUT2D eigenvalue weighted by molar-refractivity contribution is 5.43. The van der Waals surface area contributed by atoms with Gasteiger partial charge in [-0.05, 0) is 44.5 Å². The second-order valence-electron chi connectivity index (χ2n) is 5.39. The van der Waals surface area contributed by atoms with Crippen LogP contribution in [0.4, 0.5) is 0 Å². The molecule has 1 unspecified atom stereocenters. The first kappa shape index (κ1) is 16.8. The van der Waals surface area contributed by atoms with E-state index in [4.69, 9.17) is 14.2 Å². The molecule has 0 aliphatic carbocycles. The van der Waals surface area contributed by atoms with Crippen LogP contribution >= 0.6 is 0 Å². The Kier molecular flexibility index (Phi) is 6.30. The fraction of sp³-hybridized carbons (Fsp3) is 0.625. The Hall–Kier alpha value is -1.26. The zero-order valence-electron chi connectivity index (χ0n) is 13.4. The molecular weight excluding hydrogens is 254 g/mol. The zero-order valence-corrected chi connectivity index (χ0v) is 13.4. The third kappa shape index (κ3) is 4.39. The Balaban J connectivity index is 3.02. The average Bonchev–Trinajstić information content (AvgIpc) is 2.46. The molecule has 0 heterocycles. The number of methoxy groups -OCH3 is 3. The summed E-state index contributed by atoms with van der Waals surface area (Å²) in [6.45, 7) is 7.20. The van der Waals surface area contributed by atoms with Crippen molar-refractivity contribution in [3.63, 3.8) is 0 Å². The Bertz CT molecular complexity index is 418. The summed E-state index contributed by atoms with van der Waals surface area (Å²) in [6.07, 6.45) is 0.882. The maximum atomic E-state index is 5.54. The minimum absolute atomic E-state index is 0.181. The number of hydrogen-bond donors (Lipinski definition) is 1. The molecule has 0 spiro atoms. The fourth-order valence-electron chi connectivity index (χ4n) is 2.20. The standard InChI is InChI=1S/C16H27NO3/c1-7-17-13(11-16(2,3)20-6)12-8-9-14(18-4)15(10-12)19-5/h8-10,13,17H,7,11H2,1-6H3. The second kappa shape index (κ2) is 7.50. The fourth-order valence-corrected chi connectivity index (χ4v) is 2.20. The van der Waals surface area contributed by atoms with Crippen LogP contribution in [0.25, 0.3) is 0 Å². The van der Waals surface area contributed by atoms with Gasteiger partial charge in [0.25, 0.3) is 0 Å². The number of rotatable bonds is 8. The average molecular weight is 281 g/mol. The number of benzene rings is 1. The monoisotopic (exact) mass is 281 g/mol. The summed E-state index contributed by atoms with van der Waals surface area (Å²) in [5.74, 6) is 1.50. The van der Waals surface area contributed by atoms with E-state index in [9.17, 15) is 0 Å². The van der Waals surface area contributed by atoms with Crippen molar-refractivity contribution in [3.8, 4) is 11.5 Å². The zero-order chi connectivity index (χ0) is 15.2. The van der Waals surface area contributed by atoms with Gasteiger partial charge in [-0.1, -0.05) is 13.0 Å². The van der Waals surface area contributed by atoms with Crippen LogP contribution < -0.4 is 14.8 Å². The van der Waals surface area contributed by atoms with Crippen molar-refractivity contribution < 1.29 is 14.2 Å². The van der Waals surface area contributed by atoms with Crippen LogP contribution in [0.3, 0.4) is 0 Å². The molecule has 0 saturated heterocycles. The van der Waals surface area contributed by atoms with Gasteiger partial charge in [0.1, 0.15) is 0 Å². The maximum Gasteiger partial charge on any atom is 0.161 e. The Morgan fingerprint density at radius 2 is 1.75 bits per heavy atom. The van der Waals surface area contributed by atoms with Crippen molar-refractivity contribution >= 4 is 0 Å². The molecule has 0 radical (unpaired) electrons. The van der Waals surface area contributed by atoms with Crippen molar-refractivity contribution in [2.75, 3.05) is 27.9 Å². The van der Waals surface area contributed by atoms with E-state index in [1.165, 1.54) is 5.56 Å². The lowest BCUT2D eigenvalue weighted by Crippen LogP contribution is -2.32. The molecule has 114 valence electrons.